The molecule has 2 nitrogen and oxygen atoms in total. The van der Waals surface area contributed by atoms with Crippen LogP contribution in [0.2, 0.25) is 0 Å². The molecule has 0 fully saturated rings. The molecule has 0 aliphatic heterocycles. The molecule has 0 radical (unpaired) electrons. The van der Waals surface area contributed by atoms with Crippen LogP contribution < -0.4 is 0 Å². The van der Waals surface area contributed by atoms with Crippen LogP contribution in [-0.2, 0) is 11.2 Å². The lowest BCUT2D eigenvalue weighted by molar-refractivity contribution is -0.0915. The summed E-state index contributed by atoms with van der Waals surface area (Å²) in [5.74, 6) is 0. The average Bonchev–Trinajstić information content (AvgIpc) is 2.32. The van der Waals surface area contributed by atoms with E-state index in [0.717, 1.165) is 6.42 Å². The molecule has 96 valence electrons. The van der Waals surface area contributed by atoms with Crippen molar-refractivity contribution in [1.82, 2.24) is 0 Å². The number of aliphatic hydroxyl groups excluding tert-OH is 1. The van der Waals surface area contributed by atoms with Crippen LogP contribution >= 0.6 is 0 Å². The molecule has 0 aliphatic rings. The van der Waals surface area contributed by atoms with Gasteiger partial charge < -0.3 is 9.84 Å². The fourth-order valence-electron chi connectivity index (χ4n) is 2.10. The molecular weight excluding hydrogens is 212 g/mol. The molecule has 0 bridgehead atoms. The summed E-state index contributed by atoms with van der Waals surface area (Å²) in [7, 11) is 1.66. The van der Waals surface area contributed by atoms with Crippen LogP contribution in [0.25, 0.3) is 0 Å². The highest BCUT2D eigenvalue weighted by Crippen LogP contribution is 2.24. The summed E-state index contributed by atoms with van der Waals surface area (Å²) in [5.41, 5.74) is 3.24. The van der Waals surface area contributed by atoms with Crippen LogP contribution in [0, 0.1) is 13.8 Å². The van der Waals surface area contributed by atoms with Crippen LogP contribution in [0.3, 0.4) is 0 Å². The van der Waals surface area contributed by atoms with E-state index in [9.17, 15) is 5.11 Å². The maximum Gasteiger partial charge on any atom is 0.0909 e. The van der Waals surface area contributed by atoms with E-state index in [1.165, 1.54) is 16.7 Å². The Balaban J connectivity index is 2.91. The first-order chi connectivity index (χ1) is 7.94. The Bertz CT molecular complexity index is 347. The second-order valence-electron chi connectivity index (χ2n) is 4.96. The van der Waals surface area contributed by atoms with Gasteiger partial charge in [0.05, 0.1) is 11.7 Å². The molecule has 2 unspecified atom stereocenters. The number of benzene rings is 1. The second-order valence-corrected chi connectivity index (χ2v) is 4.96. The van der Waals surface area contributed by atoms with E-state index < -0.39 is 11.7 Å². The van der Waals surface area contributed by atoms with Gasteiger partial charge in [0.1, 0.15) is 0 Å². The molecule has 0 saturated heterocycles. The zero-order valence-electron chi connectivity index (χ0n) is 11.6. The summed E-state index contributed by atoms with van der Waals surface area (Å²) in [5, 5.41) is 10.3. The Morgan fingerprint density at radius 2 is 1.82 bits per heavy atom. The molecule has 1 N–H and O–H groups in total. The summed E-state index contributed by atoms with van der Waals surface area (Å²) >= 11 is 0. The highest BCUT2D eigenvalue weighted by atomic mass is 16.5. The minimum absolute atomic E-state index is 0.464. The summed E-state index contributed by atoms with van der Waals surface area (Å²) < 4.78 is 5.45. The van der Waals surface area contributed by atoms with E-state index in [2.05, 4.69) is 32.0 Å². The van der Waals surface area contributed by atoms with Crippen molar-refractivity contribution in [3.63, 3.8) is 0 Å². The molecule has 0 aromatic heterocycles. The third kappa shape index (κ3) is 3.08. The first kappa shape index (κ1) is 14.2. The lowest BCUT2D eigenvalue weighted by atomic mass is 9.88. The summed E-state index contributed by atoms with van der Waals surface area (Å²) in [6.45, 7) is 8.18. The predicted molar refractivity (Wildman–Crippen MR) is 71.3 cm³/mol. The van der Waals surface area contributed by atoms with Gasteiger partial charge in [0.15, 0.2) is 0 Å². The van der Waals surface area contributed by atoms with Crippen molar-refractivity contribution in [3.05, 3.63) is 34.9 Å². The molecule has 0 amide bonds. The molecule has 2 heteroatoms. The predicted octanol–water partition coefficient (Wildman–Crippen LogP) is 3.02. The van der Waals surface area contributed by atoms with E-state index in [1.54, 1.807) is 7.11 Å². The maximum atomic E-state index is 10.3. The molecule has 2 atom stereocenters. The fourth-order valence-corrected chi connectivity index (χ4v) is 2.10. The van der Waals surface area contributed by atoms with Crippen molar-refractivity contribution >= 4 is 0 Å². The number of rotatable bonds is 5. The van der Waals surface area contributed by atoms with E-state index >= 15 is 0 Å². The lowest BCUT2D eigenvalue weighted by Gasteiger charge is -2.32. The molecule has 1 rings (SSSR count). The average molecular weight is 236 g/mol. The Hall–Kier alpha value is -0.860. The number of aliphatic hydroxyl groups is 1. The highest BCUT2D eigenvalue weighted by Gasteiger charge is 2.31. The van der Waals surface area contributed by atoms with Crippen LogP contribution in [0.4, 0.5) is 0 Å². The Morgan fingerprint density at radius 3 is 2.24 bits per heavy atom. The molecule has 0 aliphatic carbocycles. The van der Waals surface area contributed by atoms with Gasteiger partial charge >= 0.3 is 0 Å². The SMILES string of the molecule is CCC(C)(OC)C(O)Cc1c(C)cccc1C. The van der Waals surface area contributed by atoms with Gasteiger partial charge in [-0.05, 0) is 43.9 Å². The molecule has 0 saturated carbocycles. The largest absolute Gasteiger partial charge is 0.390 e. The molecule has 17 heavy (non-hydrogen) atoms. The van der Waals surface area contributed by atoms with Gasteiger partial charge in [-0.1, -0.05) is 25.1 Å². The van der Waals surface area contributed by atoms with Crippen LogP contribution in [0.1, 0.15) is 37.0 Å². The van der Waals surface area contributed by atoms with Gasteiger partial charge in [-0.2, -0.15) is 0 Å². The van der Waals surface area contributed by atoms with Crippen molar-refractivity contribution in [3.8, 4) is 0 Å². The fraction of sp³-hybridized carbons (Fsp3) is 0.600. The summed E-state index contributed by atoms with van der Waals surface area (Å²) in [4.78, 5) is 0. The third-order valence-corrected chi connectivity index (χ3v) is 3.92. The number of hydrogen-bond acceptors (Lipinski definition) is 2. The molecular formula is C15H24O2. The Labute approximate surface area is 105 Å². The number of ether oxygens (including phenoxy) is 1. The van der Waals surface area contributed by atoms with Gasteiger partial charge in [-0.15, -0.1) is 0 Å². The Morgan fingerprint density at radius 1 is 1.29 bits per heavy atom. The minimum atomic E-state index is -0.475. The normalized spacial score (nSPS) is 16.6. The van der Waals surface area contributed by atoms with E-state index in [1.807, 2.05) is 13.8 Å². The molecule has 1 aromatic rings. The number of methoxy groups -OCH3 is 1. The topological polar surface area (TPSA) is 29.5 Å². The van der Waals surface area contributed by atoms with Gasteiger partial charge in [0, 0.05) is 13.5 Å². The second kappa shape index (κ2) is 5.65. The zero-order chi connectivity index (χ0) is 13.1. The first-order valence-corrected chi connectivity index (χ1v) is 6.23. The van der Waals surface area contributed by atoms with E-state index in [-0.39, 0.29) is 0 Å². The van der Waals surface area contributed by atoms with Gasteiger partial charge in [0.25, 0.3) is 0 Å². The van der Waals surface area contributed by atoms with Gasteiger partial charge in [0.2, 0.25) is 0 Å². The van der Waals surface area contributed by atoms with Crippen LogP contribution in [0.15, 0.2) is 18.2 Å². The van der Waals surface area contributed by atoms with Crippen LogP contribution in [-0.4, -0.2) is 23.9 Å². The van der Waals surface area contributed by atoms with Crippen molar-refractivity contribution < 1.29 is 9.84 Å². The van der Waals surface area contributed by atoms with Gasteiger partial charge in [-0.3, -0.25) is 0 Å². The van der Waals surface area contributed by atoms with E-state index in [4.69, 9.17) is 4.74 Å². The van der Waals surface area contributed by atoms with Crippen molar-refractivity contribution in [1.29, 1.82) is 0 Å². The quantitative estimate of drug-likeness (QED) is 0.851. The Kier molecular flexibility index (Phi) is 4.72. The number of hydrogen-bond donors (Lipinski definition) is 1. The number of aryl methyl sites for hydroxylation is 2. The van der Waals surface area contributed by atoms with Crippen molar-refractivity contribution in [2.24, 2.45) is 0 Å². The zero-order valence-corrected chi connectivity index (χ0v) is 11.6. The van der Waals surface area contributed by atoms with Crippen LogP contribution in [0.5, 0.6) is 0 Å². The molecule has 0 spiro atoms. The molecule has 0 heterocycles. The molecule has 1 aromatic carbocycles. The smallest absolute Gasteiger partial charge is 0.0909 e. The minimum Gasteiger partial charge on any atom is -0.390 e. The first-order valence-electron chi connectivity index (χ1n) is 6.23. The lowest BCUT2D eigenvalue weighted by Crippen LogP contribution is -2.42. The van der Waals surface area contributed by atoms with E-state index in [0.29, 0.717) is 6.42 Å². The third-order valence-electron chi connectivity index (χ3n) is 3.92. The monoisotopic (exact) mass is 236 g/mol. The summed E-state index contributed by atoms with van der Waals surface area (Å²) in [6, 6.07) is 6.23. The summed E-state index contributed by atoms with van der Waals surface area (Å²) in [6.07, 6.45) is 0.976. The van der Waals surface area contributed by atoms with Crippen molar-refractivity contribution in [2.45, 2.75) is 52.2 Å². The van der Waals surface area contributed by atoms with Gasteiger partial charge in [-0.25, -0.2) is 0 Å². The van der Waals surface area contributed by atoms with Crippen molar-refractivity contribution in [2.75, 3.05) is 7.11 Å². The maximum absolute atomic E-state index is 10.3. The highest BCUT2D eigenvalue weighted by molar-refractivity contribution is 5.34. The standard InChI is InChI=1S/C15H24O2/c1-6-15(4,17-5)14(16)10-13-11(2)8-7-9-12(13)3/h7-9,14,16H,6,10H2,1-5H3.